The summed E-state index contributed by atoms with van der Waals surface area (Å²) in [6.45, 7) is 0.467. The maximum Gasteiger partial charge on any atom is 0.254 e. The molecule has 1 unspecified atom stereocenters. The molecule has 32 heavy (non-hydrogen) atoms. The van der Waals surface area contributed by atoms with Crippen molar-refractivity contribution in [3.63, 3.8) is 0 Å². The number of anilines is 1. The Balaban J connectivity index is 1.61. The Morgan fingerprint density at radius 2 is 1.59 bits per heavy atom. The van der Waals surface area contributed by atoms with E-state index in [4.69, 9.17) is 0 Å². The molecule has 3 aromatic rings. The van der Waals surface area contributed by atoms with E-state index in [9.17, 15) is 14.7 Å². The van der Waals surface area contributed by atoms with Crippen molar-refractivity contribution in [1.82, 2.24) is 4.90 Å². The monoisotopic (exact) mass is 426 g/mol. The van der Waals surface area contributed by atoms with Crippen LogP contribution in [0.3, 0.4) is 0 Å². The fourth-order valence-electron chi connectivity index (χ4n) is 5.45. The van der Waals surface area contributed by atoms with Crippen LogP contribution in [0.5, 0.6) is 5.75 Å². The molecule has 3 aromatic carbocycles. The van der Waals surface area contributed by atoms with Gasteiger partial charge in [0.15, 0.2) is 0 Å². The Kier molecular flexibility index (Phi) is 5.17. The van der Waals surface area contributed by atoms with Gasteiger partial charge in [0.1, 0.15) is 5.75 Å². The van der Waals surface area contributed by atoms with Crippen LogP contribution in [0.1, 0.15) is 53.1 Å². The zero-order chi connectivity index (χ0) is 22.1. The first-order valence-electron chi connectivity index (χ1n) is 11.1. The molecule has 1 atom stereocenters. The molecule has 5 rings (SSSR count). The number of hydrogen-bond donors (Lipinski definition) is 2. The van der Waals surface area contributed by atoms with Crippen molar-refractivity contribution < 1.29 is 14.7 Å². The van der Waals surface area contributed by atoms with Gasteiger partial charge in [0, 0.05) is 12.1 Å². The summed E-state index contributed by atoms with van der Waals surface area (Å²) in [7, 11) is 0. The highest BCUT2D eigenvalue weighted by molar-refractivity contribution is 6.05. The van der Waals surface area contributed by atoms with E-state index in [1.165, 1.54) is 0 Å². The SMILES string of the molecule is O=C(Nc1ccccc1O)C1c2ccccc2C(=O)N(Cc2ccccc2)C12CCCC2. The Hall–Kier alpha value is -3.60. The summed E-state index contributed by atoms with van der Waals surface area (Å²) in [6.07, 6.45) is 3.50. The minimum Gasteiger partial charge on any atom is -0.506 e. The fraction of sp³-hybridized carbons (Fsp3) is 0.259. The lowest BCUT2D eigenvalue weighted by Gasteiger charge is -2.50. The molecule has 0 bridgehead atoms. The highest BCUT2D eigenvalue weighted by Gasteiger charge is 2.55. The largest absolute Gasteiger partial charge is 0.506 e. The molecule has 0 saturated heterocycles. The zero-order valence-electron chi connectivity index (χ0n) is 17.8. The molecule has 5 heteroatoms. The molecular weight excluding hydrogens is 400 g/mol. The first kappa shape index (κ1) is 20.3. The summed E-state index contributed by atoms with van der Waals surface area (Å²) in [6, 6.07) is 24.2. The Morgan fingerprint density at radius 1 is 0.938 bits per heavy atom. The van der Waals surface area contributed by atoms with Gasteiger partial charge in [-0.05, 0) is 42.2 Å². The number of benzene rings is 3. The Labute approximate surface area is 187 Å². The van der Waals surface area contributed by atoms with Gasteiger partial charge in [0.2, 0.25) is 5.91 Å². The van der Waals surface area contributed by atoms with Crippen molar-refractivity contribution in [2.24, 2.45) is 0 Å². The number of aromatic hydroxyl groups is 1. The second-order valence-corrected chi connectivity index (χ2v) is 8.71. The Morgan fingerprint density at radius 3 is 2.34 bits per heavy atom. The molecule has 2 amide bonds. The van der Waals surface area contributed by atoms with Crippen molar-refractivity contribution in [2.75, 3.05) is 5.32 Å². The predicted molar refractivity (Wildman–Crippen MR) is 123 cm³/mol. The average molecular weight is 427 g/mol. The maximum atomic E-state index is 13.8. The fourth-order valence-corrected chi connectivity index (χ4v) is 5.45. The number of hydrogen-bond acceptors (Lipinski definition) is 3. The number of phenolic OH excluding ortho intramolecular Hbond substituents is 1. The molecule has 1 spiro atoms. The average Bonchev–Trinajstić information content (AvgIpc) is 3.29. The number of para-hydroxylation sites is 2. The van der Waals surface area contributed by atoms with E-state index < -0.39 is 11.5 Å². The van der Waals surface area contributed by atoms with Crippen LogP contribution in [-0.2, 0) is 11.3 Å². The number of rotatable bonds is 4. The van der Waals surface area contributed by atoms with E-state index in [0.717, 1.165) is 36.8 Å². The number of nitrogens with zero attached hydrogens (tertiary/aromatic N) is 1. The first-order chi connectivity index (χ1) is 15.6. The summed E-state index contributed by atoms with van der Waals surface area (Å²) in [4.78, 5) is 29.4. The number of carbonyl (C=O) groups excluding carboxylic acids is 2. The number of fused-ring (bicyclic) bond motifs is 1. The second-order valence-electron chi connectivity index (χ2n) is 8.71. The molecule has 0 radical (unpaired) electrons. The van der Waals surface area contributed by atoms with Crippen molar-refractivity contribution >= 4 is 17.5 Å². The summed E-state index contributed by atoms with van der Waals surface area (Å²) < 4.78 is 0. The van der Waals surface area contributed by atoms with Gasteiger partial charge in [0.25, 0.3) is 5.91 Å². The lowest BCUT2D eigenvalue weighted by Crippen LogP contribution is -2.59. The minimum absolute atomic E-state index is 0.0158. The molecule has 1 heterocycles. The van der Waals surface area contributed by atoms with Gasteiger partial charge in [-0.3, -0.25) is 9.59 Å². The van der Waals surface area contributed by atoms with Crippen LogP contribution in [0, 0.1) is 0 Å². The number of carbonyl (C=O) groups is 2. The normalized spacial score (nSPS) is 19.1. The number of nitrogens with one attached hydrogen (secondary N) is 1. The quantitative estimate of drug-likeness (QED) is 0.572. The standard InChI is InChI=1S/C27H26N2O3/c30-23-15-7-6-14-22(23)28-25(31)24-20-12-4-5-13-21(20)26(32)29(27(24)16-8-9-17-27)18-19-10-2-1-3-11-19/h1-7,10-15,24,30H,8-9,16-18H2,(H,28,31). The maximum absolute atomic E-state index is 13.8. The predicted octanol–water partition coefficient (Wildman–Crippen LogP) is 5.08. The molecular formula is C27H26N2O3. The van der Waals surface area contributed by atoms with Crippen molar-refractivity contribution in [1.29, 1.82) is 0 Å². The Bertz CT molecular complexity index is 1150. The van der Waals surface area contributed by atoms with E-state index in [0.29, 0.717) is 17.8 Å². The van der Waals surface area contributed by atoms with Crippen LogP contribution in [0.4, 0.5) is 5.69 Å². The third-order valence-corrected chi connectivity index (χ3v) is 6.90. The summed E-state index contributed by atoms with van der Waals surface area (Å²) in [5.74, 6) is -0.686. The number of phenols is 1. The first-order valence-corrected chi connectivity index (χ1v) is 11.1. The van der Waals surface area contributed by atoms with Crippen molar-refractivity contribution in [3.8, 4) is 5.75 Å². The smallest absolute Gasteiger partial charge is 0.254 e. The van der Waals surface area contributed by atoms with Gasteiger partial charge in [0.05, 0.1) is 17.1 Å². The van der Waals surface area contributed by atoms with Gasteiger partial charge in [-0.25, -0.2) is 0 Å². The summed E-state index contributed by atoms with van der Waals surface area (Å²) in [5.41, 5.74) is 2.20. The molecule has 2 aliphatic rings. The molecule has 1 saturated carbocycles. The van der Waals surface area contributed by atoms with Gasteiger partial charge in [-0.15, -0.1) is 0 Å². The third-order valence-electron chi connectivity index (χ3n) is 6.90. The zero-order valence-corrected chi connectivity index (χ0v) is 17.8. The van der Waals surface area contributed by atoms with Gasteiger partial charge in [-0.2, -0.15) is 0 Å². The minimum atomic E-state index is -0.588. The third kappa shape index (κ3) is 3.34. The van der Waals surface area contributed by atoms with Crippen LogP contribution >= 0.6 is 0 Å². The van der Waals surface area contributed by atoms with E-state index >= 15 is 0 Å². The summed E-state index contributed by atoms with van der Waals surface area (Å²) >= 11 is 0. The lowest BCUT2D eigenvalue weighted by atomic mass is 9.71. The van der Waals surface area contributed by atoms with Crippen LogP contribution in [-0.4, -0.2) is 27.4 Å². The molecule has 5 nitrogen and oxygen atoms in total. The molecule has 162 valence electrons. The van der Waals surface area contributed by atoms with Crippen molar-refractivity contribution in [2.45, 2.75) is 43.7 Å². The van der Waals surface area contributed by atoms with Gasteiger partial charge >= 0.3 is 0 Å². The molecule has 2 N–H and O–H groups in total. The van der Waals surface area contributed by atoms with Crippen LogP contribution in [0.25, 0.3) is 0 Å². The van der Waals surface area contributed by atoms with Crippen molar-refractivity contribution in [3.05, 3.63) is 95.6 Å². The second kappa shape index (κ2) is 8.15. The van der Waals surface area contributed by atoms with Crippen LogP contribution in [0.15, 0.2) is 78.9 Å². The van der Waals surface area contributed by atoms with Gasteiger partial charge in [-0.1, -0.05) is 73.5 Å². The molecule has 1 aliphatic carbocycles. The highest BCUT2D eigenvalue weighted by atomic mass is 16.3. The molecule has 1 aliphatic heterocycles. The van der Waals surface area contributed by atoms with Gasteiger partial charge < -0.3 is 15.3 Å². The number of amides is 2. The molecule has 1 fully saturated rings. The van der Waals surface area contributed by atoms with E-state index in [2.05, 4.69) is 5.32 Å². The van der Waals surface area contributed by atoms with Crippen LogP contribution in [0.2, 0.25) is 0 Å². The summed E-state index contributed by atoms with van der Waals surface area (Å²) in [5, 5.41) is 13.2. The highest BCUT2D eigenvalue weighted by Crippen LogP contribution is 2.51. The topological polar surface area (TPSA) is 69.6 Å². The van der Waals surface area contributed by atoms with E-state index in [1.807, 2.05) is 59.5 Å². The van der Waals surface area contributed by atoms with Crippen LogP contribution < -0.4 is 5.32 Å². The lowest BCUT2D eigenvalue weighted by molar-refractivity contribution is -0.121. The van der Waals surface area contributed by atoms with E-state index in [1.54, 1.807) is 24.3 Å². The molecule has 0 aromatic heterocycles. The van der Waals surface area contributed by atoms with E-state index in [-0.39, 0.29) is 17.6 Å².